The van der Waals surface area contributed by atoms with E-state index in [2.05, 4.69) is 15.5 Å². The topological polar surface area (TPSA) is 128 Å². The largest absolute Gasteiger partial charge is 0.396 e. The van der Waals surface area contributed by atoms with Crippen molar-refractivity contribution in [3.63, 3.8) is 0 Å². The molecule has 1 aromatic carbocycles. The number of anilines is 2. The summed E-state index contributed by atoms with van der Waals surface area (Å²) in [6, 6.07) is 5.44. The number of nitrogens with one attached hydrogen (secondary N) is 2. The molecule has 0 radical (unpaired) electrons. The number of hydrogen-bond acceptors (Lipinski definition) is 5. The molecule has 32 heavy (non-hydrogen) atoms. The monoisotopic (exact) mass is 442 g/mol. The number of benzene rings is 1. The zero-order valence-electron chi connectivity index (χ0n) is 18.7. The van der Waals surface area contributed by atoms with E-state index >= 15 is 0 Å². The molecule has 3 amide bonds. The number of amides is 3. The van der Waals surface area contributed by atoms with Crippen LogP contribution in [0.2, 0.25) is 0 Å². The first kappa shape index (κ1) is 23.6. The first-order valence-electron chi connectivity index (χ1n) is 11.3. The molecule has 1 heterocycles. The van der Waals surface area contributed by atoms with Crippen molar-refractivity contribution in [3.05, 3.63) is 30.6 Å². The SMILES string of the molecule is CN(CC(N)=O)c1cc(-c2cn[nH]c2)ccc1NC(=O)N(CCCO)CC1CCCCC1. The first-order chi connectivity index (χ1) is 15.5. The molecule has 1 fully saturated rings. The van der Waals surface area contributed by atoms with Crippen molar-refractivity contribution in [2.45, 2.75) is 38.5 Å². The molecule has 0 bridgehead atoms. The van der Waals surface area contributed by atoms with Gasteiger partial charge >= 0.3 is 6.03 Å². The molecular formula is C23H34N6O3. The van der Waals surface area contributed by atoms with E-state index in [-0.39, 0.29) is 19.2 Å². The lowest BCUT2D eigenvalue weighted by atomic mass is 9.89. The highest BCUT2D eigenvalue weighted by molar-refractivity contribution is 5.95. The summed E-state index contributed by atoms with van der Waals surface area (Å²) < 4.78 is 0. The van der Waals surface area contributed by atoms with E-state index in [1.807, 2.05) is 18.2 Å². The number of hydrogen-bond donors (Lipinski definition) is 4. The van der Waals surface area contributed by atoms with Crippen molar-refractivity contribution in [1.82, 2.24) is 15.1 Å². The highest BCUT2D eigenvalue weighted by Crippen LogP contribution is 2.31. The molecule has 0 spiro atoms. The van der Waals surface area contributed by atoms with E-state index in [0.717, 1.165) is 24.0 Å². The number of likely N-dealkylation sites (N-methyl/N-ethyl adjacent to an activating group) is 1. The molecule has 0 aliphatic heterocycles. The lowest BCUT2D eigenvalue weighted by molar-refractivity contribution is -0.116. The van der Waals surface area contributed by atoms with E-state index in [1.165, 1.54) is 19.3 Å². The molecule has 0 atom stereocenters. The van der Waals surface area contributed by atoms with Gasteiger partial charge < -0.3 is 26.0 Å². The Kier molecular flexibility index (Phi) is 8.49. The van der Waals surface area contributed by atoms with Crippen LogP contribution in [0.3, 0.4) is 0 Å². The summed E-state index contributed by atoms with van der Waals surface area (Å²) >= 11 is 0. The molecule has 1 aliphatic carbocycles. The second kappa shape index (κ2) is 11.5. The van der Waals surface area contributed by atoms with Crippen molar-refractivity contribution in [3.8, 4) is 11.1 Å². The summed E-state index contributed by atoms with van der Waals surface area (Å²) in [5.41, 5.74) is 8.50. The predicted octanol–water partition coefficient (Wildman–Crippen LogP) is 2.79. The number of urea groups is 1. The molecule has 5 N–H and O–H groups in total. The van der Waals surface area contributed by atoms with Crippen LogP contribution in [0.15, 0.2) is 30.6 Å². The summed E-state index contributed by atoms with van der Waals surface area (Å²) in [5.74, 6) is 0.0361. The minimum atomic E-state index is -0.458. The lowest BCUT2D eigenvalue weighted by Gasteiger charge is -2.30. The molecular weight excluding hydrogens is 408 g/mol. The maximum atomic E-state index is 13.2. The van der Waals surface area contributed by atoms with Crippen LogP contribution in [-0.4, -0.2) is 65.4 Å². The molecule has 1 aromatic heterocycles. The summed E-state index contributed by atoms with van der Waals surface area (Å²) in [4.78, 5) is 28.3. The fourth-order valence-corrected chi connectivity index (χ4v) is 4.27. The number of aromatic amines is 1. The van der Waals surface area contributed by atoms with Gasteiger partial charge in [0.05, 0.1) is 24.1 Å². The molecule has 0 saturated heterocycles. The number of H-pyrrole nitrogens is 1. The van der Waals surface area contributed by atoms with Crippen LogP contribution in [0, 0.1) is 5.92 Å². The van der Waals surface area contributed by atoms with Gasteiger partial charge in [0.25, 0.3) is 0 Å². The molecule has 9 nitrogen and oxygen atoms in total. The summed E-state index contributed by atoms with van der Waals surface area (Å²) in [5, 5.41) is 19.1. The Balaban J connectivity index is 1.81. The second-order valence-corrected chi connectivity index (χ2v) is 8.50. The van der Waals surface area contributed by atoms with Gasteiger partial charge in [0, 0.05) is 38.5 Å². The van der Waals surface area contributed by atoms with Gasteiger partial charge in [0.1, 0.15) is 0 Å². The summed E-state index contributed by atoms with van der Waals surface area (Å²) in [6.45, 7) is 1.25. The third-order valence-corrected chi connectivity index (χ3v) is 5.95. The molecule has 2 aromatic rings. The van der Waals surface area contributed by atoms with Gasteiger partial charge in [-0.1, -0.05) is 25.3 Å². The van der Waals surface area contributed by atoms with Gasteiger partial charge in [0.15, 0.2) is 0 Å². The average molecular weight is 443 g/mol. The van der Waals surface area contributed by atoms with Crippen molar-refractivity contribution < 1.29 is 14.7 Å². The van der Waals surface area contributed by atoms with E-state index in [9.17, 15) is 14.7 Å². The Labute approximate surface area is 189 Å². The molecule has 9 heteroatoms. The number of primary amides is 1. The number of aromatic nitrogens is 2. The quantitative estimate of drug-likeness (QED) is 0.450. The molecule has 3 rings (SSSR count). The van der Waals surface area contributed by atoms with Crippen LogP contribution in [0.1, 0.15) is 38.5 Å². The number of carbonyl (C=O) groups is 2. The molecule has 174 valence electrons. The smallest absolute Gasteiger partial charge is 0.321 e. The van der Waals surface area contributed by atoms with Gasteiger partial charge in [0.2, 0.25) is 5.91 Å². The highest BCUT2D eigenvalue weighted by Gasteiger charge is 2.22. The van der Waals surface area contributed by atoms with Crippen molar-refractivity contribution in [2.75, 3.05) is 43.5 Å². The number of nitrogens with two attached hydrogens (primary N) is 1. The van der Waals surface area contributed by atoms with Crippen molar-refractivity contribution in [2.24, 2.45) is 11.7 Å². The number of carbonyl (C=O) groups excluding carboxylic acids is 2. The molecule has 1 saturated carbocycles. The zero-order valence-corrected chi connectivity index (χ0v) is 18.7. The second-order valence-electron chi connectivity index (χ2n) is 8.50. The van der Waals surface area contributed by atoms with Crippen LogP contribution in [0.4, 0.5) is 16.2 Å². The first-order valence-corrected chi connectivity index (χ1v) is 11.3. The van der Waals surface area contributed by atoms with Crippen LogP contribution >= 0.6 is 0 Å². The Morgan fingerprint density at radius 1 is 1.25 bits per heavy atom. The summed E-state index contributed by atoms with van der Waals surface area (Å²) in [6.07, 6.45) is 9.98. The highest BCUT2D eigenvalue weighted by atomic mass is 16.3. The predicted molar refractivity (Wildman–Crippen MR) is 125 cm³/mol. The van der Waals surface area contributed by atoms with E-state index in [1.54, 1.807) is 29.2 Å². The fraction of sp³-hybridized carbons (Fsp3) is 0.522. The van der Waals surface area contributed by atoms with E-state index < -0.39 is 5.91 Å². The molecule has 0 unspecified atom stereocenters. The Morgan fingerprint density at radius 3 is 2.69 bits per heavy atom. The van der Waals surface area contributed by atoms with Gasteiger partial charge in [-0.3, -0.25) is 9.89 Å². The van der Waals surface area contributed by atoms with Crippen LogP contribution in [0.25, 0.3) is 11.1 Å². The average Bonchev–Trinajstić information content (AvgIpc) is 3.32. The van der Waals surface area contributed by atoms with Crippen molar-refractivity contribution >= 4 is 23.3 Å². The third-order valence-electron chi connectivity index (χ3n) is 5.95. The lowest BCUT2D eigenvalue weighted by Crippen LogP contribution is -2.40. The Morgan fingerprint density at radius 2 is 2.03 bits per heavy atom. The van der Waals surface area contributed by atoms with E-state index in [0.29, 0.717) is 36.8 Å². The minimum absolute atomic E-state index is 0.0218. The Bertz CT molecular complexity index is 880. The standard InChI is InChI=1S/C23H34N6O3/c1-28(16-22(24)31)21-12-18(19-13-25-26-14-19)8-9-20(21)27-23(32)29(10-5-11-30)15-17-6-3-2-4-7-17/h8-9,12-14,17,30H,2-7,10-11,15-16H2,1H3,(H2,24,31)(H,25,26)(H,27,32). The van der Waals surface area contributed by atoms with Gasteiger partial charge in [-0.15, -0.1) is 0 Å². The normalized spacial score (nSPS) is 14.2. The van der Waals surface area contributed by atoms with Crippen LogP contribution in [-0.2, 0) is 4.79 Å². The fourth-order valence-electron chi connectivity index (χ4n) is 4.27. The maximum Gasteiger partial charge on any atom is 0.321 e. The van der Waals surface area contributed by atoms with Crippen LogP contribution in [0.5, 0.6) is 0 Å². The number of nitrogens with zero attached hydrogens (tertiary/aromatic N) is 3. The van der Waals surface area contributed by atoms with Crippen molar-refractivity contribution in [1.29, 1.82) is 0 Å². The van der Waals surface area contributed by atoms with Gasteiger partial charge in [-0.2, -0.15) is 5.10 Å². The number of aliphatic hydroxyl groups excluding tert-OH is 1. The number of aliphatic hydroxyl groups is 1. The van der Waals surface area contributed by atoms with Gasteiger partial charge in [-0.25, -0.2) is 4.79 Å². The Hall–Kier alpha value is -3.07. The molecule has 1 aliphatic rings. The van der Waals surface area contributed by atoms with Crippen LogP contribution < -0.4 is 16.0 Å². The summed E-state index contributed by atoms with van der Waals surface area (Å²) in [7, 11) is 1.76. The zero-order chi connectivity index (χ0) is 22.9. The third kappa shape index (κ3) is 6.46. The van der Waals surface area contributed by atoms with E-state index in [4.69, 9.17) is 5.73 Å². The minimum Gasteiger partial charge on any atom is -0.396 e. The maximum absolute atomic E-state index is 13.2. The number of rotatable bonds is 10. The van der Waals surface area contributed by atoms with Gasteiger partial charge in [-0.05, 0) is 42.9 Å².